The highest BCUT2D eigenvalue weighted by molar-refractivity contribution is 7.47. The van der Waals surface area contributed by atoms with Gasteiger partial charge in [0.05, 0.1) is 13.2 Å². The molecule has 0 radical (unpaired) electrons. The van der Waals surface area contributed by atoms with Gasteiger partial charge in [-0.3, -0.25) is 18.6 Å². The van der Waals surface area contributed by atoms with Gasteiger partial charge in [-0.2, -0.15) is 0 Å². The zero-order valence-corrected chi connectivity index (χ0v) is 13.5. The molecule has 2 unspecified atom stereocenters. The van der Waals surface area contributed by atoms with Crippen LogP contribution in [0.1, 0.15) is 40.0 Å². The van der Waals surface area contributed by atoms with Gasteiger partial charge < -0.3 is 14.4 Å². The largest absolute Gasteiger partial charge is 0.472 e. The number of phosphoric acid groups is 1. The lowest BCUT2D eigenvalue weighted by Crippen LogP contribution is -2.29. The number of carbonyl (C=O) groups is 2. The first-order chi connectivity index (χ1) is 9.84. The molecule has 2 atom stereocenters. The highest BCUT2D eigenvalue weighted by Crippen LogP contribution is 2.43. The van der Waals surface area contributed by atoms with Crippen LogP contribution in [0.5, 0.6) is 0 Å². The van der Waals surface area contributed by atoms with Gasteiger partial charge in [-0.25, -0.2) is 4.57 Å². The molecule has 0 bridgehead atoms. The molecular weight excluding hydrogens is 303 g/mol. The van der Waals surface area contributed by atoms with E-state index in [-0.39, 0.29) is 26.1 Å². The van der Waals surface area contributed by atoms with E-state index < -0.39 is 32.5 Å². The summed E-state index contributed by atoms with van der Waals surface area (Å²) in [6, 6.07) is 0. The van der Waals surface area contributed by atoms with E-state index in [1.165, 1.54) is 0 Å². The lowest BCUT2D eigenvalue weighted by molar-refractivity contribution is -0.160. The summed E-state index contributed by atoms with van der Waals surface area (Å²) < 4.78 is 30.7. The second-order valence-electron chi connectivity index (χ2n) is 4.10. The minimum absolute atomic E-state index is 0.0675. The van der Waals surface area contributed by atoms with Gasteiger partial charge in [0.25, 0.3) is 0 Å². The van der Waals surface area contributed by atoms with Crippen LogP contribution in [0.3, 0.4) is 0 Å². The van der Waals surface area contributed by atoms with Crippen molar-refractivity contribution in [2.45, 2.75) is 46.1 Å². The number of ether oxygens (including phenoxy) is 2. The quantitative estimate of drug-likeness (QED) is 0.452. The highest BCUT2D eigenvalue weighted by Gasteiger charge is 2.25. The molecular formula is C12H23O8P. The molecule has 0 rings (SSSR count). The molecule has 124 valence electrons. The maximum atomic E-state index is 11.5. The van der Waals surface area contributed by atoms with E-state index in [1.807, 2.05) is 0 Å². The maximum Gasteiger partial charge on any atom is 0.472 e. The van der Waals surface area contributed by atoms with Crippen LogP contribution >= 0.6 is 7.82 Å². The van der Waals surface area contributed by atoms with Crippen LogP contribution in [-0.2, 0) is 32.7 Å². The van der Waals surface area contributed by atoms with E-state index in [9.17, 15) is 19.0 Å². The molecule has 9 heteroatoms. The monoisotopic (exact) mass is 326 g/mol. The molecule has 0 amide bonds. The lowest BCUT2D eigenvalue weighted by atomic mass is 10.4. The minimum Gasteiger partial charge on any atom is -0.462 e. The summed E-state index contributed by atoms with van der Waals surface area (Å²) >= 11 is 0. The van der Waals surface area contributed by atoms with Gasteiger partial charge in [-0.15, -0.1) is 0 Å². The number of rotatable bonds is 11. The smallest absolute Gasteiger partial charge is 0.462 e. The van der Waals surface area contributed by atoms with E-state index in [1.54, 1.807) is 20.8 Å². The molecule has 0 aliphatic rings. The normalized spacial score (nSPS) is 15.0. The van der Waals surface area contributed by atoms with Crippen LogP contribution in [0, 0.1) is 0 Å². The molecule has 0 saturated heterocycles. The maximum absolute atomic E-state index is 11.5. The van der Waals surface area contributed by atoms with Gasteiger partial charge >= 0.3 is 19.8 Å². The van der Waals surface area contributed by atoms with Gasteiger partial charge in [-0.1, -0.05) is 20.8 Å². The van der Waals surface area contributed by atoms with Gasteiger partial charge in [-0.05, 0) is 6.42 Å². The first kappa shape index (κ1) is 20.1. The number of hydrogen-bond acceptors (Lipinski definition) is 7. The van der Waals surface area contributed by atoms with Crippen LogP contribution in [0.15, 0.2) is 0 Å². The Morgan fingerprint density at radius 2 is 1.67 bits per heavy atom. The van der Waals surface area contributed by atoms with Crippen LogP contribution < -0.4 is 0 Å². The van der Waals surface area contributed by atoms with Crippen LogP contribution in [0.4, 0.5) is 0 Å². The van der Waals surface area contributed by atoms with E-state index in [2.05, 4.69) is 4.52 Å². The van der Waals surface area contributed by atoms with Gasteiger partial charge in [0.2, 0.25) is 0 Å². The summed E-state index contributed by atoms with van der Waals surface area (Å²) in [5.41, 5.74) is 0. The summed E-state index contributed by atoms with van der Waals surface area (Å²) in [5, 5.41) is 0. The van der Waals surface area contributed by atoms with Gasteiger partial charge in [0.1, 0.15) is 6.61 Å². The zero-order valence-electron chi connectivity index (χ0n) is 12.6. The van der Waals surface area contributed by atoms with Crippen molar-refractivity contribution >= 4 is 19.8 Å². The number of esters is 2. The highest BCUT2D eigenvalue weighted by atomic mass is 31.2. The Kier molecular flexibility index (Phi) is 10.2. The molecule has 0 saturated carbocycles. The van der Waals surface area contributed by atoms with Gasteiger partial charge in [0.15, 0.2) is 6.10 Å². The average molecular weight is 326 g/mol. The average Bonchev–Trinajstić information content (AvgIpc) is 2.47. The van der Waals surface area contributed by atoms with E-state index >= 15 is 0 Å². The second-order valence-corrected chi connectivity index (χ2v) is 5.55. The molecule has 0 aliphatic heterocycles. The first-order valence-electron chi connectivity index (χ1n) is 6.81. The Morgan fingerprint density at radius 1 is 1.05 bits per heavy atom. The second kappa shape index (κ2) is 10.7. The molecule has 0 aliphatic carbocycles. The Balaban J connectivity index is 4.41. The third-order valence-electron chi connectivity index (χ3n) is 2.19. The van der Waals surface area contributed by atoms with Crippen molar-refractivity contribution in [2.75, 3.05) is 19.8 Å². The zero-order chi connectivity index (χ0) is 16.3. The van der Waals surface area contributed by atoms with Crippen molar-refractivity contribution in [1.29, 1.82) is 0 Å². The molecule has 0 aromatic heterocycles. The molecule has 21 heavy (non-hydrogen) atoms. The van der Waals surface area contributed by atoms with E-state index in [0.717, 1.165) is 0 Å². The Bertz CT molecular complexity index is 370. The van der Waals surface area contributed by atoms with Crippen molar-refractivity contribution in [1.82, 2.24) is 0 Å². The predicted octanol–water partition coefficient (Wildman–Crippen LogP) is 1.80. The SMILES string of the molecule is CCCOP(=O)(O)OCC(COC(=O)CC)OC(=O)CC. The summed E-state index contributed by atoms with van der Waals surface area (Å²) in [7, 11) is -4.20. The fourth-order valence-electron chi connectivity index (χ4n) is 1.09. The predicted molar refractivity (Wildman–Crippen MR) is 73.4 cm³/mol. The Morgan fingerprint density at radius 3 is 2.19 bits per heavy atom. The summed E-state index contributed by atoms with van der Waals surface area (Å²) in [5.74, 6) is -1.000. The summed E-state index contributed by atoms with van der Waals surface area (Å²) in [6.07, 6.45) is -0.107. The molecule has 0 fully saturated rings. The third kappa shape index (κ3) is 10.4. The van der Waals surface area contributed by atoms with Crippen molar-refractivity contribution in [3.05, 3.63) is 0 Å². The van der Waals surface area contributed by atoms with Crippen molar-refractivity contribution in [3.63, 3.8) is 0 Å². The molecule has 0 heterocycles. The third-order valence-corrected chi connectivity index (χ3v) is 3.17. The van der Waals surface area contributed by atoms with Crippen LogP contribution in [0.2, 0.25) is 0 Å². The molecule has 8 nitrogen and oxygen atoms in total. The van der Waals surface area contributed by atoms with Crippen molar-refractivity contribution < 1.29 is 37.6 Å². The topological polar surface area (TPSA) is 108 Å². The Labute approximate surface area is 124 Å². The number of hydrogen-bond donors (Lipinski definition) is 1. The fourth-order valence-corrected chi connectivity index (χ4v) is 1.94. The van der Waals surface area contributed by atoms with Crippen LogP contribution in [-0.4, -0.2) is 42.8 Å². The molecule has 0 aromatic carbocycles. The van der Waals surface area contributed by atoms with Crippen molar-refractivity contribution in [3.8, 4) is 0 Å². The fraction of sp³-hybridized carbons (Fsp3) is 0.833. The van der Waals surface area contributed by atoms with E-state index in [4.69, 9.17) is 14.0 Å². The molecule has 0 aromatic rings. The number of carbonyl (C=O) groups excluding carboxylic acids is 2. The van der Waals surface area contributed by atoms with Gasteiger partial charge in [0, 0.05) is 12.8 Å². The van der Waals surface area contributed by atoms with Crippen LogP contribution in [0.25, 0.3) is 0 Å². The Hall–Kier alpha value is -0.950. The lowest BCUT2D eigenvalue weighted by Gasteiger charge is -2.19. The summed E-state index contributed by atoms with van der Waals surface area (Å²) in [4.78, 5) is 31.7. The minimum atomic E-state index is -4.20. The first-order valence-corrected chi connectivity index (χ1v) is 8.31. The summed E-state index contributed by atoms with van der Waals surface area (Å²) in [6.45, 7) is 4.41. The standard InChI is InChI=1S/C12H23O8P/c1-4-7-18-21(15,16)19-9-10(20-12(14)6-3)8-17-11(13)5-2/h10H,4-9H2,1-3H3,(H,15,16). The number of phosphoric ester groups is 1. The molecule has 1 N–H and O–H groups in total. The molecule has 0 spiro atoms. The van der Waals surface area contributed by atoms with E-state index in [0.29, 0.717) is 6.42 Å². The van der Waals surface area contributed by atoms with Crippen molar-refractivity contribution in [2.24, 2.45) is 0 Å².